The summed E-state index contributed by atoms with van der Waals surface area (Å²) in [7, 11) is 1.66. The molecule has 5 rings (SSSR count). The highest BCUT2D eigenvalue weighted by Crippen LogP contribution is 2.38. The van der Waals surface area contributed by atoms with Crippen molar-refractivity contribution in [3.05, 3.63) is 81.8 Å². The number of nitrogens with zero attached hydrogens (tertiary/aromatic N) is 3. The number of hydrogen-bond donors (Lipinski definition) is 1. The molecule has 0 spiro atoms. The molecule has 7 nitrogen and oxygen atoms in total. The van der Waals surface area contributed by atoms with Crippen molar-refractivity contribution in [2.24, 2.45) is 0 Å². The number of pyridine rings is 1. The molecule has 1 atom stereocenters. The lowest BCUT2D eigenvalue weighted by molar-refractivity contribution is 0.0941. The first-order chi connectivity index (χ1) is 18.9. The van der Waals surface area contributed by atoms with Gasteiger partial charge in [0.1, 0.15) is 6.61 Å². The van der Waals surface area contributed by atoms with Crippen LogP contribution in [0.1, 0.15) is 36.8 Å². The van der Waals surface area contributed by atoms with E-state index in [1.807, 2.05) is 49.5 Å². The van der Waals surface area contributed by atoms with E-state index in [1.54, 1.807) is 18.1 Å². The van der Waals surface area contributed by atoms with Gasteiger partial charge in [0.2, 0.25) is 0 Å². The first-order valence-corrected chi connectivity index (χ1v) is 13.9. The van der Waals surface area contributed by atoms with Crippen molar-refractivity contribution in [2.75, 3.05) is 38.2 Å². The minimum Gasteiger partial charge on any atom is -0.445 e. The molecule has 1 saturated heterocycles. The molecule has 9 heteroatoms. The fourth-order valence-electron chi connectivity index (χ4n) is 5.09. The van der Waals surface area contributed by atoms with E-state index >= 15 is 4.39 Å². The monoisotopic (exact) mass is 594 g/mol. The third-order valence-corrected chi connectivity index (χ3v) is 7.96. The largest absolute Gasteiger partial charge is 0.445 e. The van der Waals surface area contributed by atoms with Crippen LogP contribution in [0.2, 0.25) is 0 Å². The van der Waals surface area contributed by atoms with Gasteiger partial charge in [-0.3, -0.25) is 4.98 Å². The molecule has 0 aliphatic carbocycles. The van der Waals surface area contributed by atoms with Gasteiger partial charge in [-0.1, -0.05) is 43.3 Å². The van der Waals surface area contributed by atoms with Crippen molar-refractivity contribution in [3.8, 4) is 11.3 Å². The summed E-state index contributed by atoms with van der Waals surface area (Å²) in [6.45, 7) is 6.67. The smallest absolute Gasteiger partial charge is 0.410 e. The molecule has 3 heterocycles. The maximum atomic E-state index is 15.0. The molecule has 204 valence electrons. The summed E-state index contributed by atoms with van der Waals surface area (Å²) in [4.78, 5) is 24.7. The molecular formula is C30H32BrFN4O3. The van der Waals surface area contributed by atoms with Gasteiger partial charge >= 0.3 is 6.09 Å². The van der Waals surface area contributed by atoms with E-state index in [2.05, 4.69) is 38.8 Å². The van der Waals surface area contributed by atoms with E-state index in [9.17, 15) is 4.79 Å². The first kappa shape index (κ1) is 27.1. The first-order valence-electron chi connectivity index (χ1n) is 13.1. The second-order valence-corrected chi connectivity index (χ2v) is 10.5. The second-order valence-electron chi connectivity index (χ2n) is 9.63. The third kappa shape index (κ3) is 5.51. The van der Waals surface area contributed by atoms with Gasteiger partial charge in [-0.15, -0.1) is 0 Å². The highest BCUT2D eigenvalue weighted by molar-refractivity contribution is 9.10. The molecule has 2 aromatic carbocycles. The molecule has 1 aliphatic heterocycles. The van der Waals surface area contributed by atoms with Gasteiger partial charge in [0.25, 0.3) is 0 Å². The zero-order valence-electron chi connectivity index (χ0n) is 22.3. The number of amides is 1. The van der Waals surface area contributed by atoms with Crippen molar-refractivity contribution in [2.45, 2.75) is 33.0 Å². The lowest BCUT2D eigenvalue weighted by Gasteiger charge is -2.35. The summed E-state index contributed by atoms with van der Waals surface area (Å²) in [6, 6.07) is 15.4. The molecule has 39 heavy (non-hydrogen) atoms. The van der Waals surface area contributed by atoms with Crippen LogP contribution in [0.3, 0.4) is 0 Å². The Hall–Kier alpha value is -3.43. The SMILES string of the molecule is CCc1c(-c2cc(N3CCN(C(=O)OCc4ccccc4)CC3)cnc2[C@H](C)OC)[nH]c2c(F)c(Br)ccc12. The molecule has 1 N–H and O–H groups in total. The minimum atomic E-state index is -0.311. The van der Waals surface area contributed by atoms with E-state index in [0.29, 0.717) is 36.2 Å². The molecule has 1 amide bonds. The van der Waals surface area contributed by atoms with Gasteiger partial charge in [0.05, 0.1) is 39.4 Å². The number of aromatic nitrogens is 2. The zero-order chi connectivity index (χ0) is 27.5. The molecule has 4 aromatic rings. The number of rotatable bonds is 7. The molecule has 2 aromatic heterocycles. The quantitative estimate of drug-likeness (QED) is 0.253. The third-order valence-electron chi connectivity index (χ3n) is 7.35. The fourth-order valence-corrected chi connectivity index (χ4v) is 5.42. The normalized spacial score (nSPS) is 14.6. The Kier molecular flexibility index (Phi) is 8.18. The topological polar surface area (TPSA) is 70.7 Å². The minimum absolute atomic E-state index is 0.252. The van der Waals surface area contributed by atoms with Crippen LogP contribution in [0.15, 0.2) is 59.2 Å². The number of aromatic amines is 1. The summed E-state index contributed by atoms with van der Waals surface area (Å²) in [5.41, 5.74) is 5.92. The average Bonchev–Trinajstić information content (AvgIpc) is 3.37. The van der Waals surface area contributed by atoms with Crippen LogP contribution < -0.4 is 4.90 Å². The summed E-state index contributed by atoms with van der Waals surface area (Å²) in [5.74, 6) is -0.311. The van der Waals surface area contributed by atoms with E-state index in [4.69, 9.17) is 14.5 Å². The molecule has 0 bridgehead atoms. The van der Waals surface area contributed by atoms with Crippen LogP contribution in [0.4, 0.5) is 14.9 Å². The number of fused-ring (bicyclic) bond motifs is 1. The number of piperazine rings is 1. The van der Waals surface area contributed by atoms with Crippen LogP contribution in [0.25, 0.3) is 22.2 Å². The Balaban J connectivity index is 1.39. The van der Waals surface area contributed by atoms with Crippen LogP contribution in [-0.4, -0.2) is 54.2 Å². The summed E-state index contributed by atoms with van der Waals surface area (Å²) in [5, 5.41) is 0.859. The maximum Gasteiger partial charge on any atom is 0.410 e. The van der Waals surface area contributed by atoms with Crippen LogP contribution in [0.5, 0.6) is 0 Å². The molecule has 0 unspecified atom stereocenters. The van der Waals surface area contributed by atoms with Crippen LogP contribution in [0, 0.1) is 5.82 Å². The number of aryl methyl sites for hydroxylation is 1. The lowest BCUT2D eigenvalue weighted by Crippen LogP contribution is -2.49. The summed E-state index contributed by atoms with van der Waals surface area (Å²) >= 11 is 3.31. The molecule has 0 saturated carbocycles. The molecule has 0 radical (unpaired) electrons. The predicted octanol–water partition coefficient (Wildman–Crippen LogP) is 6.86. The Labute approximate surface area is 236 Å². The Bertz CT molecular complexity index is 1470. The Morgan fingerprint density at radius 3 is 2.59 bits per heavy atom. The lowest BCUT2D eigenvalue weighted by atomic mass is 9.99. The van der Waals surface area contributed by atoms with E-state index in [0.717, 1.165) is 45.6 Å². The van der Waals surface area contributed by atoms with E-state index < -0.39 is 0 Å². The van der Waals surface area contributed by atoms with Crippen LogP contribution >= 0.6 is 15.9 Å². The van der Waals surface area contributed by atoms with Gasteiger partial charge in [-0.05, 0) is 52.5 Å². The van der Waals surface area contributed by atoms with E-state index in [1.165, 1.54) is 0 Å². The van der Waals surface area contributed by atoms with Gasteiger partial charge in [0.15, 0.2) is 5.82 Å². The van der Waals surface area contributed by atoms with Crippen molar-refractivity contribution >= 4 is 38.6 Å². The highest BCUT2D eigenvalue weighted by Gasteiger charge is 2.26. The molecular weight excluding hydrogens is 563 g/mol. The van der Waals surface area contributed by atoms with Crippen molar-refractivity contribution in [3.63, 3.8) is 0 Å². The number of hydrogen-bond acceptors (Lipinski definition) is 5. The van der Waals surface area contributed by atoms with Gasteiger partial charge in [-0.2, -0.15) is 0 Å². The second kappa shape index (κ2) is 11.8. The molecule has 1 aliphatic rings. The number of H-pyrrole nitrogens is 1. The fraction of sp³-hybridized carbons (Fsp3) is 0.333. The van der Waals surface area contributed by atoms with Crippen LogP contribution in [-0.2, 0) is 22.5 Å². The zero-order valence-corrected chi connectivity index (χ0v) is 23.9. The van der Waals surface area contributed by atoms with Gasteiger partial charge in [0, 0.05) is 44.2 Å². The van der Waals surface area contributed by atoms with Crippen molar-refractivity contribution in [1.82, 2.24) is 14.9 Å². The summed E-state index contributed by atoms with van der Waals surface area (Å²) < 4.78 is 26.6. The van der Waals surface area contributed by atoms with Gasteiger partial charge < -0.3 is 24.3 Å². The number of anilines is 1. The Morgan fingerprint density at radius 1 is 1.15 bits per heavy atom. The van der Waals surface area contributed by atoms with Crippen molar-refractivity contribution < 1.29 is 18.7 Å². The number of benzene rings is 2. The number of carbonyl (C=O) groups excluding carboxylic acids is 1. The maximum absolute atomic E-state index is 15.0. The Morgan fingerprint density at radius 2 is 1.90 bits per heavy atom. The standard InChI is InChI=1S/C30H32BrFN4O3/c1-4-22-23-10-11-25(31)26(32)29(23)34-28(22)24-16-21(17-33-27(24)19(2)38-3)35-12-14-36(15-13-35)30(37)39-18-20-8-6-5-7-9-20/h5-11,16-17,19,34H,4,12-15,18H2,1-3H3/t19-/m0/s1. The average molecular weight is 596 g/mol. The van der Waals surface area contributed by atoms with Crippen molar-refractivity contribution in [1.29, 1.82) is 0 Å². The summed E-state index contributed by atoms with van der Waals surface area (Å²) in [6.07, 6.45) is 2.02. The number of methoxy groups -OCH3 is 1. The van der Waals surface area contributed by atoms with E-state index in [-0.39, 0.29) is 24.6 Å². The molecule has 1 fully saturated rings. The van der Waals surface area contributed by atoms with Gasteiger partial charge in [-0.25, -0.2) is 9.18 Å². The number of nitrogens with one attached hydrogen (secondary N) is 1. The number of carbonyl (C=O) groups is 1. The number of halogens is 2. The number of ether oxygens (including phenoxy) is 2. The highest BCUT2D eigenvalue weighted by atomic mass is 79.9. The predicted molar refractivity (Wildman–Crippen MR) is 154 cm³/mol.